The van der Waals surface area contributed by atoms with Gasteiger partial charge in [-0.3, -0.25) is 4.79 Å². The van der Waals surface area contributed by atoms with Crippen molar-refractivity contribution < 1.29 is 9.21 Å². The number of rotatable bonds is 3. The number of amides is 1. The van der Waals surface area contributed by atoms with Crippen LogP contribution in [0.3, 0.4) is 0 Å². The van der Waals surface area contributed by atoms with E-state index in [1.807, 2.05) is 36.1 Å². The summed E-state index contributed by atoms with van der Waals surface area (Å²) in [6.45, 7) is 5.85. The van der Waals surface area contributed by atoms with Gasteiger partial charge in [-0.25, -0.2) is 0 Å². The number of nitrogens with zero attached hydrogens (tertiary/aromatic N) is 2. The Hall–Kier alpha value is -1.81. The molecule has 2 aromatic rings. The highest BCUT2D eigenvalue weighted by Gasteiger charge is 2.28. The molecule has 2 heterocycles. The first-order chi connectivity index (χ1) is 11.0. The number of aryl methyl sites for hydroxylation is 1. The fourth-order valence-corrected chi connectivity index (χ4v) is 3.54. The highest BCUT2D eigenvalue weighted by Crippen LogP contribution is 2.27. The Morgan fingerprint density at radius 3 is 2.65 bits per heavy atom. The van der Waals surface area contributed by atoms with Crippen molar-refractivity contribution in [1.29, 1.82) is 0 Å². The van der Waals surface area contributed by atoms with Crippen molar-refractivity contribution in [1.82, 2.24) is 9.80 Å². The second kappa shape index (κ2) is 6.36. The number of hydrogen-bond acceptors (Lipinski definition) is 3. The molecule has 0 spiro atoms. The van der Waals surface area contributed by atoms with Gasteiger partial charge in [0, 0.05) is 24.5 Å². The van der Waals surface area contributed by atoms with E-state index >= 15 is 0 Å². The Bertz CT molecular complexity index is 696. The van der Waals surface area contributed by atoms with E-state index < -0.39 is 0 Å². The number of carbonyl (C=O) groups excluding carboxylic acids is 1. The molecule has 1 atom stereocenters. The lowest BCUT2D eigenvalue weighted by Gasteiger charge is -2.37. The maximum absolute atomic E-state index is 12.9. The summed E-state index contributed by atoms with van der Waals surface area (Å²) in [5.41, 5.74) is 1.41. The van der Waals surface area contributed by atoms with Crippen molar-refractivity contribution in [3.63, 3.8) is 0 Å². The molecule has 1 aromatic heterocycles. The maximum Gasteiger partial charge on any atom is 0.257 e. The monoisotopic (exact) mass is 314 g/mol. The molecule has 1 fully saturated rings. The number of furan rings is 1. The lowest BCUT2D eigenvalue weighted by Crippen LogP contribution is -2.43. The van der Waals surface area contributed by atoms with Gasteiger partial charge < -0.3 is 14.2 Å². The summed E-state index contributed by atoms with van der Waals surface area (Å²) >= 11 is 0. The summed E-state index contributed by atoms with van der Waals surface area (Å²) in [6.07, 6.45) is 2.14. The third-order valence-electron chi connectivity index (χ3n) is 5.22. The summed E-state index contributed by atoms with van der Waals surface area (Å²) in [5.74, 6) is 1.61. The summed E-state index contributed by atoms with van der Waals surface area (Å²) in [7, 11) is 4.25. The molecule has 4 nitrogen and oxygen atoms in total. The molecule has 0 saturated carbocycles. The van der Waals surface area contributed by atoms with E-state index in [4.69, 9.17) is 4.42 Å². The van der Waals surface area contributed by atoms with Crippen molar-refractivity contribution in [2.75, 3.05) is 27.2 Å². The SMILES string of the molecule is Cc1cc2cccc(C(=O)N3CCC([C@H](C)N(C)C)CC3)c2o1. The fourth-order valence-electron chi connectivity index (χ4n) is 3.54. The van der Waals surface area contributed by atoms with Crippen LogP contribution in [-0.4, -0.2) is 48.9 Å². The van der Waals surface area contributed by atoms with Crippen LogP contribution in [0, 0.1) is 12.8 Å². The van der Waals surface area contributed by atoms with Crippen molar-refractivity contribution in [2.45, 2.75) is 32.7 Å². The Labute approximate surface area is 138 Å². The molecule has 0 N–H and O–H groups in total. The number of likely N-dealkylation sites (tertiary alicyclic amines) is 1. The molecular weight excluding hydrogens is 288 g/mol. The zero-order chi connectivity index (χ0) is 16.6. The van der Waals surface area contributed by atoms with Crippen LogP contribution < -0.4 is 0 Å². The fraction of sp³-hybridized carbons (Fsp3) is 0.526. The molecule has 0 radical (unpaired) electrons. The Morgan fingerprint density at radius 1 is 1.30 bits per heavy atom. The molecule has 3 rings (SSSR count). The lowest BCUT2D eigenvalue weighted by atomic mass is 9.89. The van der Waals surface area contributed by atoms with Gasteiger partial charge in [0.15, 0.2) is 0 Å². The van der Waals surface area contributed by atoms with Gasteiger partial charge in [-0.2, -0.15) is 0 Å². The first kappa shape index (κ1) is 16.1. The van der Waals surface area contributed by atoms with Crippen molar-refractivity contribution >= 4 is 16.9 Å². The van der Waals surface area contributed by atoms with Gasteiger partial charge in [-0.15, -0.1) is 0 Å². The molecule has 124 valence electrons. The van der Waals surface area contributed by atoms with E-state index in [1.54, 1.807) is 0 Å². The second-order valence-electron chi connectivity index (χ2n) is 6.91. The predicted molar refractivity (Wildman–Crippen MR) is 92.7 cm³/mol. The van der Waals surface area contributed by atoms with Gasteiger partial charge >= 0.3 is 0 Å². The van der Waals surface area contributed by atoms with Crippen LogP contribution in [0.15, 0.2) is 28.7 Å². The van der Waals surface area contributed by atoms with E-state index in [0.29, 0.717) is 17.5 Å². The topological polar surface area (TPSA) is 36.7 Å². The molecule has 0 bridgehead atoms. The smallest absolute Gasteiger partial charge is 0.257 e. The van der Waals surface area contributed by atoms with Crippen LogP contribution in [0.4, 0.5) is 0 Å². The summed E-state index contributed by atoms with van der Waals surface area (Å²) < 4.78 is 5.75. The molecule has 23 heavy (non-hydrogen) atoms. The Balaban J connectivity index is 1.74. The van der Waals surface area contributed by atoms with Crippen LogP contribution in [0.25, 0.3) is 11.0 Å². The minimum atomic E-state index is 0.0981. The lowest BCUT2D eigenvalue weighted by molar-refractivity contribution is 0.0642. The zero-order valence-electron chi connectivity index (χ0n) is 14.5. The summed E-state index contributed by atoms with van der Waals surface area (Å²) in [5, 5.41) is 1.00. The molecule has 4 heteroatoms. The summed E-state index contributed by atoms with van der Waals surface area (Å²) in [4.78, 5) is 17.1. The van der Waals surface area contributed by atoms with E-state index in [1.165, 1.54) is 0 Å². The number of hydrogen-bond donors (Lipinski definition) is 0. The van der Waals surface area contributed by atoms with Gasteiger partial charge in [0.25, 0.3) is 5.91 Å². The van der Waals surface area contributed by atoms with Gasteiger partial charge in [0.05, 0.1) is 5.56 Å². The van der Waals surface area contributed by atoms with Gasteiger partial charge in [0.1, 0.15) is 11.3 Å². The van der Waals surface area contributed by atoms with Crippen LogP contribution in [0.5, 0.6) is 0 Å². The molecule has 1 aliphatic rings. The van der Waals surface area contributed by atoms with Crippen molar-refractivity contribution in [3.8, 4) is 0 Å². The van der Waals surface area contributed by atoms with E-state index in [-0.39, 0.29) is 5.91 Å². The largest absolute Gasteiger partial charge is 0.461 e. The van der Waals surface area contributed by atoms with Crippen LogP contribution in [0.2, 0.25) is 0 Å². The highest BCUT2D eigenvalue weighted by atomic mass is 16.3. The second-order valence-corrected chi connectivity index (χ2v) is 6.91. The average molecular weight is 314 g/mol. The van der Waals surface area contributed by atoms with Crippen molar-refractivity contribution in [3.05, 3.63) is 35.6 Å². The van der Waals surface area contributed by atoms with Gasteiger partial charge in [-0.05, 0) is 58.8 Å². The van der Waals surface area contributed by atoms with Crippen LogP contribution in [0.1, 0.15) is 35.9 Å². The first-order valence-corrected chi connectivity index (χ1v) is 8.42. The normalized spacial score (nSPS) is 17.9. The number of piperidine rings is 1. The number of para-hydroxylation sites is 1. The zero-order valence-corrected chi connectivity index (χ0v) is 14.5. The molecule has 1 aromatic carbocycles. The number of benzene rings is 1. The third-order valence-corrected chi connectivity index (χ3v) is 5.22. The van der Waals surface area contributed by atoms with Gasteiger partial charge in [0.2, 0.25) is 0 Å². The minimum absolute atomic E-state index is 0.0981. The van der Waals surface area contributed by atoms with E-state index in [2.05, 4.69) is 25.9 Å². The molecule has 0 aliphatic carbocycles. The van der Waals surface area contributed by atoms with Crippen LogP contribution >= 0.6 is 0 Å². The third kappa shape index (κ3) is 3.13. The predicted octanol–water partition coefficient (Wildman–Crippen LogP) is 3.54. The van der Waals surface area contributed by atoms with E-state index in [0.717, 1.165) is 42.7 Å². The molecule has 1 amide bonds. The van der Waals surface area contributed by atoms with Crippen LogP contribution in [-0.2, 0) is 0 Å². The Morgan fingerprint density at radius 2 is 2.00 bits per heavy atom. The highest BCUT2D eigenvalue weighted by molar-refractivity contribution is 6.05. The molecule has 1 saturated heterocycles. The van der Waals surface area contributed by atoms with Gasteiger partial charge in [-0.1, -0.05) is 12.1 Å². The number of fused-ring (bicyclic) bond motifs is 1. The average Bonchev–Trinajstić information content (AvgIpc) is 2.93. The van der Waals surface area contributed by atoms with E-state index in [9.17, 15) is 4.79 Å². The summed E-state index contributed by atoms with van der Waals surface area (Å²) in [6, 6.07) is 8.35. The quantitative estimate of drug-likeness (QED) is 0.869. The van der Waals surface area contributed by atoms with Crippen molar-refractivity contribution in [2.24, 2.45) is 5.92 Å². The molecule has 1 aliphatic heterocycles. The molecular formula is C19H26N2O2. The molecule has 0 unspecified atom stereocenters. The minimum Gasteiger partial charge on any atom is -0.461 e. The maximum atomic E-state index is 12.9. The first-order valence-electron chi connectivity index (χ1n) is 8.42. The standard InChI is InChI=1S/C19H26N2O2/c1-13-12-16-6-5-7-17(18(16)23-13)19(22)21-10-8-15(9-11-21)14(2)20(3)4/h5-7,12,14-15H,8-11H2,1-4H3/t14-/m0/s1. The Kier molecular flexibility index (Phi) is 4.44. The number of carbonyl (C=O) groups is 1.